The number of nitrogens with one attached hydrogen (secondary N) is 1. The van der Waals surface area contributed by atoms with Gasteiger partial charge in [-0.15, -0.1) is 13.2 Å². The van der Waals surface area contributed by atoms with Gasteiger partial charge in [-0.05, 0) is 49.7 Å². The van der Waals surface area contributed by atoms with Crippen molar-refractivity contribution in [3.05, 3.63) is 64.7 Å². The molecular weight excluding hydrogens is 443 g/mol. The Morgan fingerprint density at radius 1 is 1.15 bits per heavy atom. The summed E-state index contributed by atoms with van der Waals surface area (Å²) in [4.78, 5) is 41.2. The number of aryl methyl sites for hydroxylation is 2. The molecule has 0 saturated carbocycles. The summed E-state index contributed by atoms with van der Waals surface area (Å²) in [5, 5.41) is 2.86. The minimum absolute atomic E-state index is 0.0174. The highest BCUT2D eigenvalue weighted by Gasteiger charge is 2.31. The summed E-state index contributed by atoms with van der Waals surface area (Å²) >= 11 is 0. The van der Waals surface area contributed by atoms with E-state index in [4.69, 9.17) is 4.74 Å². The van der Waals surface area contributed by atoms with Crippen LogP contribution in [0.4, 0.5) is 18.9 Å². The summed E-state index contributed by atoms with van der Waals surface area (Å²) in [7, 11) is 0. The Kier molecular flexibility index (Phi) is 7.00. The van der Waals surface area contributed by atoms with Gasteiger partial charge in [0.15, 0.2) is 6.10 Å². The Hall–Kier alpha value is -3.89. The molecule has 0 aliphatic heterocycles. The van der Waals surface area contributed by atoms with E-state index in [-0.39, 0.29) is 24.2 Å². The largest absolute Gasteiger partial charge is 0.573 e. The number of hydrogen-bond donors (Lipinski definition) is 1. The van der Waals surface area contributed by atoms with Crippen molar-refractivity contribution in [3.8, 4) is 5.75 Å². The normalized spacial score (nSPS) is 12.3. The lowest BCUT2D eigenvalue weighted by molar-refractivity contribution is -0.274. The van der Waals surface area contributed by atoms with Crippen molar-refractivity contribution in [2.75, 3.05) is 5.32 Å². The van der Waals surface area contributed by atoms with Crippen molar-refractivity contribution in [1.29, 1.82) is 0 Å². The van der Waals surface area contributed by atoms with E-state index < -0.39 is 30.1 Å². The molecule has 1 amide bonds. The molecule has 0 aliphatic rings. The van der Waals surface area contributed by atoms with Crippen molar-refractivity contribution in [1.82, 2.24) is 9.55 Å². The first-order chi connectivity index (χ1) is 15.5. The number of rotatable bonds is 7. The summed E-state index contributed by atoms with van der Waals surface area (Å²) in [6, 6.07) is 9.75. The molecule has 3 aromatic rings. The van der Waals surface area contributed by atoms with E-state index in [0.29, 0.717) is 10.9 Å². The van der Waals surface area contributed by atoms with Crippen molar-refractivity contribution >= 4 is 28.5 Å². The first-order valence-electron chi connectivity index (χ1n) is 9.84. The average molecular weight is 463 g/mol. The fourth-order valence-corrected chi connectivity index (χ4v) is 3.00. The van der Waals surface area contributed by atoms with Crippen LogP contribution in [0.25, 0.3) is 10.9 Å². The number of aromatic nitrogens is 2. The van der Waals surface area contributed by atoms with Crippen LogP contribution in [0, 0.1) is 6.92 Å². The van der Waals surface area contributed by atoms with Gasteiger partial charge >= 0.3 is 12.3 Å². The highest BCUT2D eigenvalue weighted by molar-refractivity contribution is 5.95. The van der Waals surface area contributed by atoms with Crippen LogP contribution in [0.1, 0.15) is 18.9 Å². The summed E-state index contributed by atoms with van der Waals surface area (Å²) < 4.78 is 46.7. The summed E-state index contributed by atoms with van der Waals surface area (Å²) in [6.07, 6.45) is -4.80. The second-order valence-corrected chi connectivity index (χ2v) is 7.16. The number of carbonyl (C=O) groups excluding carboxylic acids is 2. The lowest BCUT2D eigenvalue weighted by Crippen LogP contribution is -2.30. The number of para-hydroxylation sites is 1. The van der Waals surface area contributed by atoms with Crippen LogP contribution in [-0.2, 0) is 20.9 Å². The van der Waals surface area contributed by atoms with Crippen molar-refractivity contribution in [3.63, 3.8) is 0 Å². The molecule has 0 spiro atoms. The molecule has 0 radical (unpaired) electrons. The van der Waals surface area contributed by atoms with E-state index in [2.05, 4.69) is 15.0 Å². The molecule has 1 N–H and O–H groups in total. The standard InChI is InChI=1S/C22H20F3N3O5/c1-13-4-3-5-17-19(13)26-12-28(21(17)31)11-10-18(29)32-14(2)20(30)27-15-6-8-16(9-7-15)33-22(23,24)25/h3-9,12,14H,10-11H2,1-2H3,(H,27,30). The third-order valence-electron chi connectivity index (χ3n) is 4.64. The zero-order valence-corrected chi connectivity index (χ0v) is 17.7. The topological polar surface area (TPSA) is 99.5 Å². The fourth-order valence-electron chi connectivity index (χ4n) is 3.00. The van der Waals surface area contributed by atoms with Crippen molar-refractivity contribution in [2.24, 2.45) is 0 Å². The summed E-state index contributed by atoms with van der Waals surface area (Å²) in [5.74, 6) is -1.82. The first-order valence-corrected chi connectivity index (χ1v) is 9.84. The average Bonchev–Trinajstić information content (AvgIpc) is 2.74. The Bertz CT molecular complexity index is 1220. The fraction of sp³-hybridized carbons (Fsp3) is 0.273. The number of esters is 1. The molecule has 0 fully saturated rings. The molecule has 1 heterocycles. The second kappa shape index (κ2) is 9.72. The molecule has 0 aliphatic carbocycles. The van der Waals surface area contributed by atoms with E-state index in [1.165, 1.54) is 30.0 Å². The second-order valence-electron chi connectivity index (χ2n) is 7.16. The zero-order chi connectivity index (χ0) is 24.2. The van der Waals surface area contributed by atoms with E-state index >= 15 is 0 Å². The zero-order valence-electron chi connectivity index (χ0n) is 17.7. The van der Waals surface area contributed by atoms with Gasteiger partial charge in [-0.3, -0.25) is 19.0 Å². The molecule has 33 heavy (non-hydrogen) atoms. The van der Waals surface area contributed by atoms with Crippen LogP contribution in [0.3, 0.4) is 0 Å². The molecule has 1 unspecified atom stereocenters. The first kappa shape index (κ1) is 23.8. The number of anilines is 1. The number of halogens is 3. The van der Waals surface area contributed by atoms with Gasteiger partial charge in [0.1, 0.15) is 5.75 Å². The number of benzene rings is 2. The molecule has 174 valence electrons. The molecular formula is C22H20F3N3O5. The van der Waals surface area contributed by atoms with Crippen molar-refractivity contribution < 1.29 is 32.2 Å². The van der Waals surface area contributed by atoms with Crippen LogP contribution < -0.4 is 15.6 Å². The number of alkyl halides is 3. The monoisotopic (exact) mass is 463 g/mol. The number of nitrogens with zero attached hydrogens (tertiary/aromatic N) is 2. The maximum Gasteiger partial charge on any atom is 0.573 e. The number of amides is 1. The van der Waals surface area contributed by atoms with Crippen LogP contribution >= 0.6 is 0 Å². The molecule has 8 nitrogen and oxygen atoms in total. The lowest BCUT2D eigenvalue weighted by Gasteiger charge is -2.14. The highest BCUT2D eigenvalue weighted by Crippen LogP contribution is 2.24. The molecule has 0 saturated heterocycles. The Balaban J connectivity index is 1.53. The Morgan fingerprint density at radius 3 is 2.52 bits per heavy atom. The molecule has 0 bridgehead atoms. The van der Waals surface area contributed by atoms with E-state index in [9.17, 15) is 27.6 Å². The lowest BCUT2D eigenvalue weighted by atomic mass is 10.1. The van der Waals surface area contributed by atoms with Crippen LogP contribution in [0.15, 0.2) is 53.6 Å². The quantitative estimate of drug-likeness (QED) is 0.538. The SMILES string of the molecule is Cc1cccc2c(=O)n(CCC(=O)OC(C)C(=O)Nc3ccc(OC(F)(F)F)cc3)cnc12. The maximum atomic E-state index is 12.6. The van der Waals surface area contributed by atoms with Crippen molar-refractivity contribution in [2.45, 2.75) is 39.3 Å². The molecule has 1 atom stereocenters. The third kappa shape index (κ3) is 6.31. The van der Waals surface area contributed by atoms with Gasteiger partial charge in [0.2, 0.25) is 0 Å². The third-order valence-corrected chi connectivity index (χ3v) is 4.64. The number of hydrogen-bond acceptors (Lipinski definition) is 6. The smallest absolute Gasteiger partial charge is 0.452 e. The molecule has 2 aromatic carbocycles. The maximum absolute atomic E-state index is 12.6. The minimum atomic E-state index is -4.82. The van der Waals surface area contributed by atoms with Gasteiger partial charge < -0.3 is 14.8 Å². The molecule has 11 heteroatoms. The van der Waals surface area contributed by atoms with E-state index in [1.54, 1.807) is 12.1 Å². The Morgan fingerprint density at radius 2 is 1.85 bits per heavy atom. The van der Waals surface area contributed by atoms with Gasteiger partial charge in [-0.1, -0.05) is 12.1 Å². The molecule has 1 aromatic heterocycles. The van der Waals surface area contributed by atoms with E-state index in [0.717, 1.165) is 17.7 Å². The van der Waals surface area contributed by atoms with Gasteiger partial charge in [-0.2, -0.15) is 0 Å². The van der Waals surface area contributed by atoms with Gasteiger partial charge in [0.25, 0.3) is 11.5 Å². The molecule has 3 rings (SSSR count). The highest BCUT2D eigenvalue weighted by atomic mass is 19.4. The van der Waals surface area contributed by atoms with Crippen LogP contribution in [-0.4, -0.2) is 33.9 Å². The van der Waals surface area contributed by atoms with Crippen LogP contribution in [0.5, 0.6) is 5.75 Å². The summed E-state index contributed by atoms with van der Waals surface area (Å²) in [5.41, 5.74) is 1.35. The van der Waals surface area contributed by atoms with Gasteiger partial charge in [0.05, 0.1) is 23.7 Å². The number of fused-ring (bicyclic) bond motifs is 1. The Labute approximate surface area is 185 Å². The number of ether oxygens (including phenoxy) is 2. The van der Waals surface area contributed by atoms with Gasteiger partial charge in [-0.25, -0.2) is 4.98 Å². The predicted octanol–water partition coefficient (Wildman–Crippen LogP) is 3.56. The predicted molar refractivity (Wildman–Crippen MR) is 113 cm³/mol. The number of carbonyl (C=O) groups is 2. The van der Waals surface area contributed by atoms with Crippen LogP contribution in [0.2, 0.25) is 0 Å². The van der Waals surface area contributed by atoms with Gasteiger partial charge in [0, 0.05) is 12.2 Å². The minimum Gasteiger partial charge on any atom is -0.452 e. The van der Waals surface area contributed by atoms with E-state index in [1.807, 2.05) is 13.0 Å². The summed E-state index contributed by atoms with van der Waals surface area (Å²) in [6.45, 7) is 3.21.